The summed E-state index contributed by atoms with van der Waals surface area (Å²) in [6, 6.07) is 21.4. The van der Waals surface area contributed by atoms with Crippen LogP contribution in [0.1, 0.15) is 83.5 Å². The van der Waals surface area contributed by atoms with Gasteiger partial charge in [-0.15, -0.1) is 0 Å². The van der Waals surface area contributed by atoms with Gasteiger partial charge in [0, 0.05) is 99.6 Å². The van der Waals surface area contributed by atoms with Gasteiger partial charge < -0.3 is 14.0 Å². The third-order valence-electron chi connectivity index (χ3n) is 11.0. The SMILES string of the molecule is Cc1ccc(N2CCC[C@H](N(Cc3ccnc(C)c3)Cc3cn(C4CC4)c4cc(Br)ccc4c3=O)C2)cn1.O=Cc1cn(C2CC2)c2cc(Br)ccc2c1=O. The molecule has 0 unspecified atom stereocenters. The van der Waals surface area contributed by atoms with Crippen LogP contribution in [-0.2, 0) is 13.1 Å². The van der Waals surface area contributed by atoms with Crippen molar-refractivity contribution in [2.75, 3.05) is 18.0 Å². The van der Waals surface area contributed by atoms with Crippen LogP contribution in [0.2, 0.25) is 0 Å². The average molecular weight is 865 g/mol. The fourth-order valence-corrected chi connectivity index (χ4v) is 8.53. The zero-order valence-electron chi connectivity index (χ0n) is 31.1. The molecule has 9 rings (SSSR count). The van der Waals surface area contributed by atoms with E-state index in [-0.39, 0.29) is 16.4 Å². The number of fused-ring (bicyclic) bond motifs is 2. The Morgan fingerprint density at radius 3 is 2.05 bits per heavy atom. The number of aryl methyl sites for hydroxylation is 2. The number of rotatable bonds is 9. The Kier molecular flexibility index (Phi) is 10.9. The molecular weight excluding hydrogens is 820 g/mol. The van der Waals surface area contributed by atoms with E-state index < -0.39 is 0 Å². The summed E-state index contributed by atoms with van der Waals surface area (Å²) in [6.45, 7) is 7.43. The highest BCUT2D eigenvalue weighted by atomic mass is 79.9. The number of carbonyl (C=O) groups is 1. The summed E-state index contributed by atoms with van der Waals surface area (Å²) in [6.07, 6.45) is 15.1. The quantitative estimate of drug-likeness (QED) is 0.134. The van der Waals surface area contributed by atoms with Gasteiger partial charge in [-0.1, -0.05) is 31.9 Å². The number of anilines is 1. The molecule has 0 amide bonds. The Hall–Kier alpha value is -4.45. The first-order valence-corrected chi connectivity index (χ1v) is 20.7. The van der Waals surface area contributed by atoms with Gasteiger partial charge in [-0.3, -0.25) is 29.3 Å². The van der Waals surface area contributed by atoms with Gasteiger partial charge in [-0.25, -0.2) is 0 Å². The van der Waals surface area contributed by atoms with Crippen molar-refractivity contribution in [3.63, 3.8) is 0 Å². The molecule has 55 heavy (non-hydrogen) atoms. The number of piperidine rings is 1. The highest BCUT2D eigenvalue weighted by molar-refractivity contribution is 9.10. The summed E-state index contributed by atoms with van der Waals surface area (Å²) in [5, 5.41) is 1.43. The topological polar surface area (TPSA) is 93.3 Å². The van der Waals surface area contributed by atoms with Gasteiger partial charge >= 0.3 is 0 Å². The molecule has 0 bridgehead atoms. The van der Waals surface area contributed by atoms with Crippen LogP contribution < -0.4 is 15.8 Å². The van der Waals surface area contributed by atoms with Crippen LogP contribution in [-0.4, -0.2) is 49.4 Å². The molecule has 2 saturated carbocycles. The van der Waals surface area contributed by atoms with Crippen LogP contribution in [0.15, 0.2) is 104 Å². The fraction of sp³-hybridized carbons (Fsp3) is 0.341. The van der Waals surface area contributed by atoms with Crippen LogP contribution >= 0.6 is 31.9 Å². The molecule has 282 valence electrons. The van der Waals surface area contributed by atoms with Crippen molar-refractivity contribution in [3.05, 3.63) is 143 Å². The molecule has 9 nitrogen and oxygen atoms in total. The Morgan fingerprint density at radius 1 is 0.764 bits per heavy atom. The predicted octanol–water partition coefficient (Wildman–Crippen LogP) is 9.09. The van der Waals surface area contributed by atoms with Gasteiger partial charge in [0.1, 0.15) is 0 Å². The van der Waals surface area contributed by atoms with Crippen molar-refractivity contribution in [2.24, 2.45) is 0 Å². The second-order valence-electron chi connectivity index (χ2n) is 15.2. The van der Waals surface area contributed by atoms with Gasteiger partial charge in [-0.05, 0) is 119 Å². The fourth-order valence-electron chi connectivity index (χ4n) is 7.83. The molecule has 2 aromatic carbocycles. The lowest BCUT2D eigenvalue weighted by molar-refractivity contribution is 0.112. The number of aldehydes is 1. The highest BCUT2D eigenvalue weighted by Crippen LogP contribution is 2.38. The summed E-state index contributed by atoms with van der Waals surface area (Å²) in [5.41, 5.74) is 7.48. The van der Waals surface area contributed by atoms with Gasteiger partial charge in [0.05, 0.1) is 28.5 Å². The normalized spacial score (nSPS) is 17.0. The second kappa shape index (κ2) is 16.0. The molecule has 0 N–H and O–H groups in total. The molecule has 4 aromatic heterocycles. The molecule has 5 heterocycles. The Morgan fingerprint density at radius 2 is 1.44 bits per heavy atom. The van der Waals surface area contributed by atoms with E-state index in [2.05, 4.69) is 92.7 Å². The van der Waals surface area contributed by atoms with E-state index in [0.29, 0.717) is 36.3 Å². The molecule has 3 aliphatic rings. The van der Waals surface area contributed by atoms with E-state index in [0.717, 1.165) is 87.6 Å². The minimum atomic E-state index is -0.181. The van der Waals surface area contributed by atoms with Gasteiger partial charge in [-0.2, -0.15) is 0 Å². The van der Waals surface area contributed by atoms with Crippen LogP contribution in [0.3, 0.4) is 0 Å². The molecule has 3 fully saturated rings. The number of nitrogens with zero attached hydrogens (tertiary/aromatic N) is 6. The molecule has 1 saturated heterocycles. The number of halogens is 2. The molecule has 1 atom stereocenters. The third kappa shape index (κ3) is 8.39. The Bertz CT molecular complexity index is 2510. The zero-order valence-corrected chi connectivity index (χ0v) is 34.3. The maximum absolute atomic E-state index is 13.8. The van der Waals surface area contributed by atoms with E-state index in [4.69, 9.17) is 0 Å². The molecule has 2 aliphatic carbocycles. The van der Waals surface area contributed by atoms with Gasteiger partial charge in [0.15, 0.2) is 17.1 Å². The Labute approximate surface area is 337 Å². The summed E-state index contributed by atoms with van der Waals surface area (Å²) >= 11 is 7.02. The minimum absolute atomic E-state index is 0.149. The van der Waals surface area contributed by atoms with Crippen molar-refractivity contribution in [1.29, 1.82) is 0 Å². The summed E-state index contributed by atoms with van der Waals surface area (Å²) in [5.74, 6) is 0. The zero-order chi connectivity index (χ0) is 38.2. The first-order valence-electron chi connectivity index (χ1n) is 19.1. The van der Waals surface area contributed by atoms with Crippen LogP contribution in [0, 0.1) is 13.8 Å². The van der Waals surface area contributed by atoms with Crippen molar-refractivity contribution < 1.29 is 4.79 Å². The number of pyridine rings is 4. The van der Waals surface area contributed by atoms with Crippen molar-refractivity contribution in [3.8, 4) is 0 Å². The average Bonchev–Trinajstić information content (AvgIpc) is 4.12. The number of benzene rings is 2. The summed E-state index contributed by atoms with van der Waals surface area (Å²) < 4.78 is 6.34. The first kappa shape index (κ1) is 37.5. The maximum Gasteiger partial charge on any atom is 0.199 e. The lowest BCUT2D eigenvalue weighted by Gasteiger charge is -2.40. The number of hydrogen-bond donors (Lipinski definition) is 0. The second-order valence-corrected chi connectivity index (χ2v) is 17.1. The Balaban J connectivity index is 0.000000209. The third-order valence-corrected chi connectivity index (χ3v) is 12.0. The van der Waals surface area contributed by atoms with E-state index >= 15 is 0 Å². The molecular formula is C44H44Br2N6O3. The molecule has 0 radical (unpaired) electrons. The lowest BCUT2D eigenvalue weighted by Crippen LogP contribution is -2.48. The number of hydrogen-bond acceptors (Lipinski definition) is 7. The van der Waals surface area contributed by atoms with Gasteiger partial charge in [0.25, 0.3) is 0 Å². The van der Waals surface area contributed by atoms with Crippen LogP contribution in [0.5, 0.6) is 0 Å². The standard InChI is InChI=1S/C31H34BrN5O.C13H10BrNO2/c1-21-5-7-27(16-34-21)35-13-3-4-28(20-35)36(17-23-11-12-33-22(2)14-23)18-24-19-37(26-8-9-26)30-15-25(32)6-10-29(30)31(24)38;14-9-1-4-11-12(5-9)15(10-2-3-10)6-8(7-16)13(11)17/h5-7,10-12,14-16,19,26,28H,3-4,8-9,13,17-18,20H2,1-2H3;1,4-7,10H,2-3H2/t28-;/m0./s1. The predicted molar refractivity (Wildman–Crippen MR) is 226 cm³/mol. The first-order chi connectivity index (χ1) is 26.6. The van der Waals surface area contributed by atoms with E-state index in [1.165, 1.54) is 24.1 Å². The van der Waals surface area contributed by atoms with E-state index in [9.17, 15) is 14.4 Å². The maximum atomic E-state index is 13.8. The molecule has 1 aliphatic heterocycles. The molecule has 11 heteroatoms. The smallest absolute Gasteiger partial charge is 0.199 e. The van der Waals surface area contributed by atoms with Crippen molar-refractivity contribution >= 4 is 65.6 Å². The van der Waals surface area contributed by atoms with E-state index in [1.807, 2.05) is 55.1 Å². The monoisotopic (exact) mass is 862 g/mol. The van der Waals surface area contributed by atoms with Gasteiger partial charge in [0.2, 0.25) is 0 Å². The molecule has 0 spiro atoms. The number of aromatic nitrogens is 4. The minimum Gasteiger partial charge on any atom is -0.369 e. The summed E-state index contributed by atoms with van der Waals surface area (Å²) in [7, 11) is 0. The lowest BCUT2D eigenvalue weighted by atomic mass is 10.0. The largest absolute Gasteiger partial charge is 0.369 e. The number of carbonyl (C=O) groups excluding carboxylic acids is 1. The van der Waals surface area contributed by atoms with Crippen molar-refractivity contribution in [1.82, 2.24) is 24.0 Å². The highest BCUT2D eigenvalue weighted by Gasteiger charge is 2.30. The summed E-state index contributed by atoms with van der Waals surface area (Å²) in [4.78, 5) is 50.6. The van der Waals surface area contributed by atoms with E-state index in [1.54, 1.807) is 12.3 Å². The van der Waals surface area contributed by atoms with Crippen molar-refractivity contribution in [2.45, 2.75) is 83.6 Å². The van der Waals surface area contributed by atoms with Crippen LogP contribution in [0.4, 0.5) is 5.69 Å². The van der Waals surface area contributed by atoms with Crippen LogP contribution in [0.25, 0.3) is 21.8 Å². The molecule has 6 aromatic rings.